The maximum Gasteiger partial charge on any atom is 0.210 e. The Labute approximate surface area is 323 Å². The minimum atomic E-state index is -0.0907. The first-order valence-corrected chi connectivity index (χ1v) is 21.7. The molecule has 0 saturated heterocycles. The Balaban J connectivity index is 1.30. The normalized spacial score (nSPS) is 16.9. The van der Waals surface area contributed by atoms with Gasteiger partial charge in [0.2, 0.25) is 5.69 Å². The summed E-state index contributed by atoms with van der Waals surface area (Å²) in [5, 5.41) is 5.47. The van der Waals surface area contributed by atoms with Gasteiger partial charge in [-0.05, 0) is 72.0 Å². The van der Waals surface area contributed by atoms with Crippen LogP contribution in [0.2, 0.25) is 0 Å². The van der Waals surface area contributed by atoms with Crippen LogP contribution in [0.3, 0.4) is 0 Å². The van der Waals surface area contributed by atoms with E-state index in [9.17, 15) is 0 Å². The lowest BCUT2D eigenvalue weighted by Gasteiger charge is -2.27. The summed E-state index contributed by atoms with van der Waals surface area (Å²) < 4.78 is 2.67. The molecule has 0 aliphatic carbocycles. The predicted octanol–water partition coefficient (Wildman–Crippen LogP) is 14.9. The van der Waals surface area contributed by atoms with Gasteiger partial charge in [0.1, 0.15) is 6.54 Å². The van der Waals surface area contributed by atoms with Gasteiger partial charge in [0, 0.05) is 47.5 Å². The summed E-state index contributed by atoms with van der Waals surface area (Å²) in [4.78, 5) is 2.67. The van der Waals surface area contributed by atoms with Crippen molar-refractivity contribution in [3.8, 4) is 0 Å². The highest BCUT2D eigenvalue weighted by Crippen LogP contribution is 2.51. The van der Waals surface area contributed by atoms with Gasteiger partial charge in [-0.2, -0.15) is 4.58 Å². The zero-order valence-electron chi connectivity index (χ0n) is 34.3. The predicted molar refractivity (Wildman–Crippen MR) is 234 cm³/mol. The van der Waals surface area contributed by atoms with Crippen LogP contribution in [0.25, 0.3) is 21.5 Å². The van der Waals surface area contributed by atoms with Crippen molar-refractivity contribution in [1.82, 2.24) is 0 Å². The van der Waals surface area contributed by atoms with Gasteiger partial charge in [0.15, 0.2) is 5.71 Å². The number of nitrogens with zero attached hydrogens (tertiary/aromatic N) is 2. The van der Waals surface area contributed by atoms with Crippen molar-refractivity contribution in [3.63, 3.8) is 0 Å². The Morgan fingerprint density at radius 3 is 1.70 bits per heavy atom. The smallest absolute Gasteiger partial charge is 0.210 e. The van der Waals surface area contributed by atoms with Gasteiger partial charge in [-0.15, -0.1) is 0 Å². The fourth-order valence-electron chi connectivity index (χ4n) is 9.59. The highest BCUT2D eigenvalue weighted by atomic mass is 15.2. The molecule has 2 aliphatic rings. The van der Waals surface area contributed by atoms with E-state index < -0.39 is 0 Å². The van der Waals surface area contributed by atoms with Crippen LogP contribution >= 0.6 is 0 Å². The van der Waals surface area contributed by atoms with Crippen molar-refractivity contribution in [2.75, 3.05) is 18.0 Å². The molecule has 0 unspecified atom stereocenters. The fourth-order valence-corrected chi connectivity index (χ4v) is 9.59. The molecule has 282 valence electrons. The molecule has 4 aromatic rings. The monoisotopic (exact) mass is 710 g/mol. The van der Waals surface area contributed by atoms with Gasteiger partial charge in [-0.3, -0.25) is 0 Å². The Kier molecular flexibility index (Phi) is 13.4. The molecule has 0 spiro atoms. The number of fused-ring (bicyclic) bond motifs is 6. The zero-order valence-corrected chi connectivity index (χ0v) is 34.3. The standard InChI is InChI=1S/C51H69N2/c1-7-9-11-13-15-17-19-25-38-52-44-36-34-40-28-21-23-30-42(40)48(44)50(3,4)46(52)32-27-33-47-51(5,6)49-43-31-24-22-29-41(43)35-37-45(49)53(47)39-26-20-18-16-14-12-10-8-2/h21-24,27-37H,7-20,25-26,38-39H2,1-6H3/q+1. The second-order valence-corrected chi connectivity index (χ2v) is 17.2. The Hall–Kier alpha value is -3.65. The van der Waals surface area contributed by atoms with Crippen molar-refractivity contribution in [2.24, 2.45) is 0 Å². The number of benzene rings is 4. The highest BCUT2D eigenvalue weighted by Gasteiger charge is 2.45. The van der Waals surface area contributed by atoms with Crippen LogP contribution in [0, 0.1) is 0 Å². The maximum absolute atomic E-state index is 2.67. The first kappa shape index (κ1) is 39.1. The van der Waals surface area contributed by atoms with Crippen LogP contribution < -0.4 is 4.90 Å². The van der Waals surface area contributed by atoms with E-state index >= 15 is 0 Å². The third kappa shape index (κ3) is 8.53. The van der Waals surface area contributed by atoms with E-state index in [0.29, 0.717) is 0 Å². The lowest BCUT2D eigenvalue weighted by molar-refractivity contribution is -0.438. The van der Waals surface area contributed by atoms with Crippen LogP contribution in [-0.4, -0.2) is 23.4 Å². The van der Waals surface area contributed by atoms with Crippen molar-refractivity contribution >= 4 is 38.6 Å². The van der Waals surface area contributed by atoms with Gasteiger partial charge in [-0.25, -0.2) is 0 Å². The van der Waals surface area contributed by atoms with Gasteiger partial charge in [-0.1, -0.05) is 172 Å². The first-order chi connectivity index (χ1) is 25.8. The number of hydrogen-bond acceptors (Lipinski definition) is 1. The van der Waals surface area contributed by atoms with Crippen molar-refractivity contribution in [3.05, 3.63) is 108 Å². The minimum Gasteiger partial charge on any atom is -0.344 e. The van der Waals surface area contributed by atoms with E-state index in [2.05, 4.69) is 142 Å². The summed E-state index contributed by atoms with van der Waals surface area (Å²) in [5.41, 5.74) is 8.45. The molecule has 6 rings (SSSR count). The van der Waals surface area contributed by atoms with Gasteiger partial charge < -0.3 is 4.90 Å². The second-order valence-electron chi connectivity index (χ2n) is 17.2. The molecule has 0 saturated carbocycles. The SMILES string of the molecule is CCCCCCCCCCN1/C(=C\C=C\C2=[N+](CCCCCCCCCC)c3ccc4ccccc4c3C2(C)C)C(C)(C)c2c1ccc1ccccc21. The van der Waals surface area contributed by atoms with Crippen LogP contribution in [0.5, 0.6) is 0 Å². The molecular formula is C51H69N2+. The fraction of sp³-hybridized carbons (Fsp3) is 0.510. The molecule has 0 radical (unpaired) electrons. The topological polar surface area (TPSA) is 6.25 Å². The average molecular weight is 710 g/mol. The quantitative estimate of drug-likeness (QED) is 0.0654. The van der Waals surface area contributed by atoms with Crippen molar-refractivity contribution in [1.29, 1.82) is 0 Å². The number of allylic oxidation sites excluding steroid dienone is 4. The molecule has 0 aromatic heterocycles. The lowest BCUT2D eigenvalue weighted by Crippen LogP contribution is -2.28. The molecule has 2 nitrogen and oxygen atoms in total. The van der Waals surface area contributed by atoms with Gasteiger partial charge in [0.25, 0.3) is 0 Å². The molecule has 2 heteroatoms. The zero-order chi connectivity index (χ0) is 37.3. The van der Waals surface area contributed by atoms with E-state index in [-0.39, 0.29) is 10.8 Å². The first-order valence-electron chi connectivity index (χ1n) is 21.7. The van der Waals surface area contributed by atoms with E-state index in [1.807, 2.05) is 0 Å². The molecule has 2 heterocycles. The van der Waals surface area contributed by atoms with E-state index in [0.717, 1.165) is 13.1 Å². The minimum absolute atomic E-state index is 0.0907. The molecule has 0 bridgehead atoms. The third-order valence-corrected chi connectivity index (χ3v) is 12.5. The molecular weight excluding hydrogens is 641 g/mol. The largest absolute Gasteiger partial charge is 0.344 e. The molecule has 4 aromatic carbocycles. The summed E-state index contributed by atoms with van der Waals surface area (Å²) in [6.45, 7) is 16.6. The maximum atomic E-state index is 2.67. The Bertz CT molecular complexity index is 1920. The van der Waals surface area contributed by atoms with Crippen LogP contribution in [0.1, 0.15) is 155 Å². The van der Waals surface area contributed by atoms with E-state index in [1.54, 1.807) is 0 Å². The van der Waals surface area contributed by atoms with Crippen molar-refractivity contribution < 1.29 is 4.58 Å². The second kappa shape index (κ2) is 18.1. The number of rotatable bonds is 20. The summed E-state index contributed by atoms with van der Waals surface area (Å²) in [6, 6.07) is 27.5. The van der Waals surface area contributed by atoms with E-state index in [1.165, 1.54) is 158 Å². The summed E-state index contributed by atoms with van der Waals surface area (Å²) >= 11 is 0. The molecule has 0 amide bonds. The lowest BCUT2D eigenvalue weighted by atomic mass is 9.79. The third-order valence-electron chi connectivity index (χ3n) is 12.5. The van der Waals surface area contributed by atoms with Gasteiger partial charge >= 0.3 is 0 Å². The number of hydrogen-bond donors (Lipinski definition) is 0. The number of unbranched alkanes of at least 4 members (excludes halogenated alkanes) is 14. The van der Waals surface area contributed by atoms with Crippen molar-refractivity contribution in [2.45, 2.75) is 155 Å². The Morgan fingerprint density at radius 1 is 0.547 bits per heavy atom. The molecule has 0 fully saturated rings. The summed E-state index contributed by atoms with van der Waals surface area (Å²) in [6.07, 6.45) is 28.8. The van der Waals surface area contributed by atoms with Crippen LogP contribution in [0.4, 0.5) is 11.4 Å². The van der Waals surface area contributed by atoms with Crippen LogP contribution in [0.15, 0.2) is 96.7 Å². The summed E-state index contributed by atoms with van der Waals surface area (Å²) in [5.74, 6) is 0. The van der Waals surface area contributed by atoms with Crippen LogP contribution in [-0.2, 0) is 10.8 Å². The molecule has 0 N–H and O–H groups in total. The number of anilines is 1. The van der Waals surface area contributed by atoms with Gasteiger partial charge in [0.05, 0.1) is 5.41 Å². The molecule has 2 aliphatic heterocycles. The summed E-state index contributed by atoms with van der Waals surface area (Å²) in [7, 11) is 0. The van der Waals surface area contributed by atoms with E-state index in [4.69, 9.17) is 0 Å². The average Bonchev–Trinajstić information content (AvgIpc) is 3.52. The molecule has 0 atom stereocenters. The highest BCUT2D eigenvalue weighted by molar-refractivity contribution is 6.07. The molecule has 53 heavy (non-hydrogen) atoms. The Morgan fingerprint density at radius 2 is 1.08 bits per heavy atom.